The molecule has 146 valence electrons. The fourth-order valence-corrected chi connectivity index (χ4v) is 5.64. The number of hydrogen-bond acceptors (Lipinski definition) is 4. The van der Waals surface area contributed by atoms with E-state index in [1.165, 1.54) is 12.1 Å². The minimum atomic E-state index is -3.95. The Labute approximate surface area is 168 Å². The molecule has 0 spiro atoms. The largest absolute Gasteiger partial charge is 0.389 e. The molecule has 1 atom stereocenters. The van der Waals surface area contributed by atoms with Gasteiger partial charge in [-0.15, -0.1) is 0 Å². The van der Waals surface area contributed by atoms with Gasteiger partial charge in [-0.3, -0.25) is 4.79 Å². The first kappa shape index (κ1) is 19.0. The van der Waals surface area contributed by atoms with E-state index in [9.17, 15) is 18.3 Å². The standard InChI is InChI=1S/C20H19ClN2O4S/c1-12-13(2)22(19-15(12)7-5-8-17(19)21)10-14(24)11-23-20(25)16-6-3-4-9-18(16)28(23,26)27/h3-9,14,24H,10-11H2,1-2H3/t14-/m1/s1. The number of carbonyl (C=O) groups is 1. The molecular weight excluding hydrogens is 400 g/mol. The van der Waals surface area contributed by atoms with Crippen molar-refractivity contribution in [3.63, 3.8) is 0 Å². The first-order valence-corrected chi connectivity index (χ1v) is 10.6. The smallest absolute Gasteiger partial charge is 0.269 e. The molecule has 1 aliphatic rings. The third-order valence-electron chi connectivity index (χ3n) is 5.29. The highest BCUT2D eigenvalue weighted by Gasteiger charge is 2.41. The second-order valence-electron chi connectivity index (χ2n) is 6.95. The summed E-state index contributed by atoms with van der Waals surface area (Å²) in [6.07, 6.45) is -1.09. The van der Waals surface area contributed by atoms with Crippen LogP contribution in [-0.2, 0) is 16.6 Å². The fourth-order valence-electron chi connectivity index (χ4n) is 3.76. The van der Waals surface area contributed by atoms with Crippen molar-refractivity contribution in [3.05, 3.63) is 64.3 Å². The summed E-state index contributed by atoms with van der Waals surface area (Å²) in [5.41, 5.74) is 2.90. The van der Waals surface area contributed by atoms with E-state index in [1.807, 2.05) is 30.5 Å². The van der Waals surface area contributed by atoms with E-state index in [0.717, 1.165) is 26.5 Å². The molecule has 0 bridgehead atoms. The minimum absolute atomic E-state index is 0.0197. The van der Waals surface area contributed by atoms with Crippen LogP contribution in [0.1, 0.15) is 21.6 Å². The van der Waals surface area contributed by atoms with Crippen LogP contribution in [-0.4, -0.2) is 41.0 Å². The number of hydrogen-bond donors (Lipinski definition) is 1. The monoisotopic (exact) mass is 418 g/mol. The van der Waals surface area contributed by atoms with Crippen LogP contribution < -0.4 is 0 Å². The van der Waals surface area contributed by atoms with Gasteiger partial charge in [0.25, 0.3) is 15.9 Å². The normalized spacial score (nSPS) is 16.6. The highest BCUT2D eigenvalue weighted by atomic mass is 35.5. The molecule has 6 nitrogen and oxygen atoms in total. The van der Waals surface area contributed by atoms with Crippen molar-refractivity contribution in [1.29, 1.82) is 0 Å². The Hall–Kier alpha value is -2.35. The molecule has 0 fully saturated rings. The van der Waals surface area contributed by atoms with Gasteiger partial charge < -0.3 is 9.67 Å². The molecule has 4 rings (SSSR count). The molecular formula is C20H19ClN2O4S. The number of benzene rings is 2. The molecule has 2 aromatic carbocycles. The fraction of sp³-hybridized carbons (Fsp3) is 0.250. The van der Waals surface area contributed by atoms with E-state index < -0.39 is 22.0 Å². The quantitative estimate of drug-likeness (QED) is 0.706. The van der Waals surface area contributed by atoms with Gasteiger partial charge in [-0.25, -0.2) is 12.7 Å². The minimum Gasteiger partial charge on any atom is -0.389 e. The zero-order valence-corrected chi connectivity index (χ0v) is 17.0. The highest BCUT2D eigenvalue weighted by molar-refractivity contribution is 7.90. The number of amides is 1. The van der Waals surface area contributed by atoms with Crippen molar-refractivity contribution < 1.29 is 18.3 Å². The Morgan fingerprint density at radius 2 is 1.79 bits per heavy atom. The van der Waals surface area contributed by atoms with Gasteiger partial charge in [-0.1, -0.05) is 35.9 Å². The van der Waals surface area contributed by atoms with Gasteiger partial charge in [0.05, 0.1) is 35.3 Å². The number of carbonyl (C=O) groups excluding carboxylic acids is 1. The summed E-state index contributed by atoms with van der Waals surface area (Å²) in [5.74, 6) is -0.613. The molecule has 0 aliphatic carbocycles. The zero-order chi connectivity index (χ0) is 20.2. The van der Waals surface area contributed by atoms with E-state index in [-0.39, 0.29) is 23.5 Å². The number of β-amino-alcohol motifs (C(OH)–C–C–N with tert-alkyl or cyclic N) is 1. The number of sulfonamides is 1. The van der Waals surface area contributed by atoms with Gasteiger partial charge in [0.1, 0.15) is 4.90 Å². The van der Waals surface area contributed by atoms with Crippen LogP contribution in [0.3, 0.4) is 0 Å². The van der Waals surface area contributed by atoms with E-state index >= 15 is 0 Å². The number of aryl methyl sites for hydroxylation is 1. The van der Waals surface area contributed by atoms with Crippen molar-refractivity contribution in [1.82, 2.24) is 8.87 Å². The van der Waals surface area contributed by atoms with Gasteiger partial charge in [0.15, 0.2) is 0 Å². The molecule has 0 radical (unpaired) electrons. The van der Waals surface area contributed by atoms with Crippen LogP contribution in [0.15, 0.2) is 47.4 Å². The first-order valence-electron chi connectivity index (χ1n) is 8.81. The Morgan fingerprint density at radius 1 is 1.07 bits per heavy atom. The molecule has 1 aromatic heterocycles. The van der Waals surface area contributed by atoms with Gasteiger partial charge in [-0.05, 0) is 37.6 Å². The third-order valence-corrected chi connectivity index (χ3v) is 7.40. The maximum absolute atomic E-state index is 12.7. The molecule has 8 heteroatoms. The lowest BCUT2D eigenvalue weighted by Crippen LogP contribution is -2.38. The molecule has 28 heavy (non-hydrogen) atoms. The summed E-state index contributed by atoms with van der Waals surface area (Å²) >= 11 is 6.37. The molecule has 0 saturated carbocycles. The lowest BCUT2D eigenvalue weighted by Gasteiger charge is -2.21. The first-order chi connectivity index (χ1) is 13.2. The summed E-state index contributed by atoms with van der Waals surface area (Å²) in [7, 11) is -3.95. The lowest BCUT2D eigenvalue weighted by molar-refractivity contribution is 0.0772. The number of aromatic nitrogens is 1. The average Bonchev–Trinajstić information content (AvgIpc) is 3.01. The molecule has 1 aliphatic heterocycles. The van der Waals surface area contributed by atoms with E-state index in [2.05, 4.69) is 0 Å². The van der Waals surface area contributed by atoms with E-state index in [1.54, 1.807) is 18.2 Å². The predicted octanol–water partition coefficient (Wildman–Crippen LogP) is 3.12. The second kappa shape index (κ2) is 6.62. The Kier molecular flexibility index (Phi) is 4.49. The van der Waals surface area contributed by atoms with Crippen LogP contribution in [0.25, 0.3) is 10.9 Å². The van der Waals surface area contributed by atoms with E-state index in [0.29, 0.717) is 5.02 Å². The van der Waals surface area contributed by atoms with Crippen LogP contribution in [0.4, 0.5) is 0 Å². The van der Waals surface area contributed by atoms with Crippen molar-refractivity contribution in [3.8, 4) is 0 Å². The Morgan fingerprint density at radius 3 is 2.50 bits per heavy atom. The Balaban J connectivity index is 1.65. The number of halogens is 1. The maximum atomic E-state index is 12.7. The second-order valence-corrected chi connectivity index (χ2v) is 9.19. The number of para-hydroxylation sites is 1. The SMILES string of the molecule is Cc1c(C)n(C[C@@H](O)CN2C(=O)c3ccccc3S2(=O)=O)c2c(Cl)cccc12. The zero-order valence-electron chi connectivity index (χ0n) is 15.4. The van der Waals surface area contributed by atoms with Crippen LogP contribution >= 0.6 is 11.6 Å². The summed E-state index contributed by atoms with van der Waals surface area (Å²) in [5, 5.41) is 12.2. The van der Waals surface area contributed by atoms with Gasteiger partial charge in [0, 0.05) is 11.1 Å². The number of aliphatic hydroxyl groups excluding tert-OH is 1. The number of aliphatic hydroxyl groups is 1. The maximum Gasteiger partial charge on any atom is 0.269 e. The van der Waals surface area contributed by atoms with Crippen molar-refractivity contribution >= 4 is 38.4 Å². The van der Waals surface area contributed by atoms with Gasteiger partial charge in [-0.2, -0.15) is 0 Å². The highest BCUT2D eigenvalue weighted by Crippen LogP contribution is 2.32. The molecule has 0 unspecified atom stereocenters. The van der Waals surface area contributed by atoms with Crippen LogP contribution in [0.2, 0.25) is 5.02 Å². The van der Waals surface area contributed by atoms with Crippen LogP contribution in [0, 0.1) is 13.8 Å². The molecule has 0 saturated heterocycles. The molecule has 1 amide bonds. The number of nitrogens with zero attached hydrogens (tertiary/aromatic N) is 2. The number of fused-ring (bicyclic) bond motifs is 2. The molecule has 3 aromatic rings. The van der Waals surface area contributed by atoms with Crippen molar-refractivity contribution in [2.24, 2.45) is 0 Å². The van der Waals surface area contributed by atoms with Gasteiger partial charge in [0.2, 0.25) is 0 Å². The topological polar surface area (TPSA) is 79.6 Å². The molecule has 1 N–H and O–H groups in total. The molecule has 2 heterocycles. The van der Waals surface area contributed by atoms with Crippen molar-refractivity contribution in [2.75, 3.05) is 6.54 Å². The summed E-state index contributed by atoms with van der Waals surface area (Å²) in [6, 6.07) is 11.7. The lowest BCUT2D eigenvalue weighted by atomic mass is 10.2. The predicted molar refractivity (Wildman–Crippen MR) is 107 cm³/mol. The summed E-state index contributed by atoms with van der Waals surface area (Å²) in [6.45, 7) is 3.70. The van der Waals surface area contributed by atoms with Gasteiger partial charge >= 0.3 is 0 Å². The summed E-state index contributed by atoms with van der Waals surface area (Å²) < 4.78 is 28.0. The number of rotatable bonds is 4. The Bertz CT molecular complexity index is 1220. The van der Waals surface area contributed by atoms with E-state index in [4.69, 9.17) is 11.6 Å². The van der Waals surface area contributed by atoms with Crippen molar-refractivity contribution in [2.45, 2.75) is 31.4 Å². The third kappa shape index (κ3) is 2.73. The average molecular weight is 419 g/mol. The summed E-state index contributed by atoms with van der Waals surface area (Å²) in [4.78, 5) is 12.5. The van der Waals surface area contributed by atoms with Crippen LogP contribution in [0.5, 0.6) is 0 Å².